The lowest BCUT2D eigenvalue weighted by molar-refractivity contribution is -0.144. The Kier molecular flexibility index (Phi) is 3.96. The average molecular weight is 287 g/mol. The predicted octanol–water partition coefficient (Wildman–Crippen LogP) is 1.40. The van der Waals surface area contributed by atoms with Crippen molar-refractivity contribution in [1.29, 1.82) is 0 Å². The fraction of sp³-hybridized carbons (Fsp3) is 0.400. The van der Waals surface area contributed by atoms with Gasteiger partial charge in [-0.3, -0.25) is 4.79 Å². The van der Waals surface area contributed by atoms with Crippen LogP contribution in [0.15, 0.2) is 30.5 Å². The van der Waals surface area contributed by atoms with Gasteiger partial charge in [-0.15, -0.1) is 0 Å². The fourth-order valence-electron chi connectivity index (χ4n) is 2.41. The fourth-order valence-corrected chi connectivity index (χ4v) is 2.41. The largest absolute Gasteiger partial charge is 0.469 e. The van der Waals surface area contributed by atoms with Crippen molar-refractivity contribution >= 4 is 22.8 Å². The monoisotopic (exact) mass is 287 g/mol. The number of methoxy groups -OCH3 is 1. The summed E-state index contributed by atoms with van der Waals surface area (Å²) in [6.45, 7) is 1.86. The Labute approximate surface area is 122 Å². The van der Waals surface area contributed by atoms with Gasteiger partial charge in [0.15, 0.2) is 0 Å². The van der Waals surface area contributed by atoms with E-state index < -0.39 is 0 Å². The number of esters is 1. The van der Waals surface area contributed by atoms with Crippen LogP contribution in [0.2, 0.25) is 0 Å². The highest BCUT2D eigenvalue weighted by molar-refractivity contribution is 5.78. The van der Waals surface area contributed by atoms with E-state index in [0.717, 1.165) is 17.4 Å². The minimum absolute atomic E-state index is 0.179. The Bertz CT molecular complexity index is 647. The van der Waals surface area contributed by atoms with Gasteiger partial charge in [0.1, 0.15) is 0 Å². The summed E-state index contributed by atoms with van der Waals surface area (Å²) < 4.78 is 10.3. The molecule has 3 rings (SSSR count). The maximum atomic E-state index is 11.3. The number of carbonyl (C=O) groups excluding carboxylic acids is 1. The minimum Gasteiger partial charge on any atom is -0.469 e. The Morgan fingerprint density at radius 2 is 2.33 bits per heavy atom. The average Bonchev–Trinajstić information content (AvgIpc) is 2.54. The Hall–Kier alpha value is -2.21. The summed E-state index contributed by atoms with van der Waals surface area (Å²) in [5.41, 5.74) is 0.915. The molecule has 1 aromatic heterocycles. The van der Waals surface area contributed by atoms with E-state index in [2.05, 4.69) is 14.7 Å². The van der Waals surface area contributed by atoms with Gasteiger partial charge < -0.3 is 14.4 Å². The molecule has 0 saturated carbocycles. The quantitative estimate of drug-likeness (QED) is 0.795. The van der Waals surface area contributed by atoms with E-state index in [9.17, 15) is 4.79 Å². The molecular weight excluding hydrogens is 270 g/mol. The van der Waals surface area contributed by atoms with Crippen molar-refractivity contribution in [3.8, 4) is 0 Å². The third-order valence-corrected chi connectivity index (χ3v) is 3.52. The Morgan fingerprint density at radius 1 is 1.48 bits per heavy atom. The van der Waals surface area contributed by atoms with Gasteiger partial charge in [0, 0.05) is 24.7 Å². The zero-order valence-electron chi connectivity index (χ0n) is 11.9. The number of hydrogen-bond acceptors (Lipinski definition) is 6. The number of ether oxygens (including phenoxy) is 2. The summed E-state index contributed by atoms with van der Waals surface area (Å²) in [5, 5.41) is 1.01. The number of nitrogens with zero attached hydrogens (tertiary/aromatic N) is 3. The van der Waals surface area contributed by atoms with Crippen LogP contribution >= 0.6 is 0 Å². The highest BCUT2D eigenvalue weighted by Gasteiger charge is 2.24. The van der Waals surface area contributed by atoms with Crippen LogP contribution in [0, 0.1) is 0 Å². The molecule has 2 heterocycles. The summed E-state index contributed by atoms with van der Waals surface area (Å²) in [6.07, 6.45) is 1.89. The van der Waals surface area contributed by atoms with Crippen molar-refractivity contribution in [3.05, 3.63) is 30.5 Å². The van der Waals surface area contributed by atoms with Gasteiger partial charge in [0.05, 0.1) is 31.8 Å². The molecule has 6 nitrogen and oxygen atoms in total. The van der Waals surface area contributed by atoms with Crippen LogP contribution in [0.3, 0.4) is 0 Å². The first kappa shape index (κ1) is 13.8. The molecule has 0 spiro atoms. The van der Waals surface area contributed by atoms with Crippen molar-refractivity contribution < 1.29 is 14.3 Å². The topological polar surface area (TPSA) is 64.5 Å². The third-order valence-electron chi connectivity index (χ3n) is 3.52. The highest BCUT2D eigenvalue weighted by Crippen LogP contribution is 2.18. The molecule has 21 heavy (non-hydrogen) atoms. The van der Waals surface area contributed by atoms with Gasteiger partial charge in [-0.25, -0.2) is 9.97 Å². The standard InChI is InChI=1S/C15H17N3O3/c1-20-14(19)8-12-10-18(6-7-21-12)15-16-9-11-4-2-3-5-13(11)17-15/h2-5,9,12H,6-8,10H2,1H3. The molecule has 1 atom stereocenters. The SMILES string of the molecule is COC(=O)CC1CN(c2ncc3ccccc3n2)CCO1. The summed E-state index contributed by atoms with van der Waals surface area (Å²) in [5.74, 6) is 0.410. The van der Waals surface area contributed by atoms with Crippen LogP contribution in [0.4, 0.5) is 5.95 Å². The molecule has 1 fully saturated rings. The number of para-hydroxylation sites is 1. The second-order valence-electron chi connectivity index (χ2n) is 4.95. The molecule has 1 aromatic carbocycles. The van der Waals surface area contributed by atoms with Crippen molar-refractivity contribution in [1.82, 2.24) is 9.97 Å². The first-order chi connectivity index (χ1) is 10.3. The number of fused-ring (bicyclic) bond motifs is 1. The molecule has 0 aliphatic carbocycles. The Morgan fingerprint density at radius 3 is 3.19 bits per heavy atom. The van der Waals surface area contributed by atoms with Crippen molar-refractivity contribution in [2.24, 2.45) is 0 Å². The number of benzene rings is 1. The molecule has 110 valence electrons. The first-order valence-electron chi connectivity index (χ1n) is 6.91. The lowest BCUT2D eigenvalue weighted by Gasteiger charge is -2.32. The molecule has 0 N–H and O–H groups in total. The number of morpholine rings is 1. The van der Waals surface area contributed by atoms with Gasteiger partial charge in [-0.05, 0) is 6.07 Å². The molecule has 0 bridgehead atoms. The van der Waals surface area contributed by atoms with Crippen LogP contribution in [-0.2, 0) is 14.3 Å². The predicted molar refractivity (Wildman–Crippen MR) is 78.1 cm³/mol. The summed E-state index contributed by atoms with van der Waals surface area (Å²) in [4.78, 5) is 22.4. The number of anilines is 1. The van der Waals surface area contributed by atoms with Crippen molar-refractivity contribution in [3.63, 3.8) is 0 Å². The molecule has 0 amide bonds. The van der Waals surface area contributed by atoms with Crippen LogP contribution in [0.5, 0.6) is 0 Å². The highest BCUT2D eigenvalue weighted by atomic mass is 16.5. The van der Waals surface area contributed by atoms with Gasteiger partial charge in [-0.1, -0.05) is 18.2 Å². The van der Waals surface area contributed by atoms with Crippen molar-refractivity contribution in [2.45, 2.75) is 12.5 Å². The smallest absolute Gasteiger partial charge is 0.308 e. The van der Waals surface area contributed by atoms with E-state index in [0.29, 0.717) is 19.1 Å². The zero-order chi connectivity index (χ0) is 14.7. The van der Waals surface area contributed by atoms with E-state index >= 15 is 0 Å². The molecule has 1 saturated heterocycles. The number of carbonyl (C=O) groups is 1. The third kappa shape index (κ3) is 3.11. The summed E-state index contributed by atoms with van der Waals surface area (Å²) >= 11 is 0. The maximum absolute atomic E-state index is 11.3. The van der Waals surface area contributed by atoms with Gasteiger partial charge in [0.25, 0.3) is 0 Å². The Balaban J connectivity index is 1.76. The lowest BCUT2D eigenvalue weighted by Crippen LogP contribution is -2.44. The molecule has 6 heteroatoms. The van der Waals surface area contributed by atoms with Gasteiger partial charge in [-0.2, -0.15) is 0 Å². The van der Waals surface area contributed by atoms with E-state index in [4.69, 9.17) is 4.74 Å². The van der Waals surface area contributed by atoms with E-state index in [1.807, 2.05) is 35.4 Å². The molecule has 0 radical (unpaired) electrons. The second-order valence-corrected chi connectivity index (χ2v) is 4.95. The van der Waals surface area contributed by atoms with Crippen LogP contribution < -0.4 is 4.90 Å². The van der Waals surface area contributed by atoms with Crippen LogP contribution in [0.25, 0.3) is 10.9 Å². The van der Waals surface area contributed by atoms with E-state index in [-0.39, 0.29) is 18.5 Å². The molecule has 1 aliphatic heterocycles. The van der Waals surface area contributed by atoms with Crippen LogP contribution in [0.1, 0.15) is 6.42 Å². The zero-order valence-corrected chi connectivity index (χ0v) is 11.9. The number of aromatic nitrogens is 2. The normalized spacial score (nSPS) is 18.7. The lowest BCUT2D eigenvalue weighted by atomic mass is 10.2. The first-order valence-corrected chi connectivity index (χ1v) is 6.91. The number of rotatable bonds is 3. The van der Waals surface area contributed by atoms with E-state index in [1.54, 1.807) is 0 Å². The van der Waals surface area contributed by atoms with Gasteiger partial charge >= 0.3 is 5.97 Å². The molecule has 2 aromatic rings. The van der Waals surface area contributed by atoms with Crippen molar-refractivity contribution in [2.75, 3.05) is 31.7 Å². The minimum atomic E-state index is -0.263. The van der Waals surface area contributed by atoms with Crippen LogP contribution in [-0.4, -0.2) is 48.8 Å². The molecule has 1 unspecified atom stereocenters. The van der Waals surface area contributed by atoms with E-state index in [1.165, 1.54) is 7.11 Å². The number of hydrogen-bond donors (Lipinski definition) is 0. The molecule has 1 aliphatic rings. The van der Waals surface area contributed by atoms with Gasteiger partial charge in [0.2, 0.25) is 5.95 Å². The summed E-state index contributed by atoms with van der Waals surface area (Å²) in [7, 11) is 1.38. The maximum Gasteiger partial charge on any atom is 0.308 e. The second kappa shape index (κ2) is 6.05. The molecular formula is C15H17N3O3. The summed E-state index contributed by atoms with van der Waals surface area (Å²) in [6, 6.07) is 7.87.